The fraction of sp³-hybridized carbons (Fsp3) is 0.478. The van der Waals surface area contributed by atoms with E-state index in [1.807, 2.05) is 42.8 Å². The highest BCUT2D eigenvalue weighted by molar-refractivity contribution is 7.91. The van der Waals surface area contributed by atoms with Crippen molar-refractivity contribution in [3.63, 3.8) is 0 Å². The van der Waals surface area contributed by atoms with E-state index < -0.39 is 9.84 Å². The molecular formula is C23H30ClN3O4S. The summed E-state index contributed by atoms with van der Waals surface area (Å²) in [6.07, 6.45) is 4.42. The second-order valence-corrected chi connectivity index (χ2v) is 10.7. The van der Waals surface area contributed by atoms with Gasteiger partial charge in [0.25, 0.3) is 0 Å². The molecule has 7 nitrogen and oxygen atoms in total. The van der Waals surface area contributed by atoms with E-state index in [4.69, 9.17) is 16.3 Å². The summed E-state index contributed by atoms with van der Waals surface area (Å²) in [5, 5.41) is 5.30. The van der Waals surface area contributed by atoms with Gasteiger partial charge in [-0.05, 0) is 44.4 Å². The van der Waals surface area contributed by atoms with Gasteiger partial charge >= 0.3 is 0 Å². The third kappa shape index (κ3) is 5.99. The van der Waals surface area contributed by atoms with Gasteiger partial charge in [-0.1, -0.05) is 29.8 Å². The predicted molar refractivity (Wildman–Crippen MR) is 127 cm³/mol. The van der Waals surface area contributed by atoms with Crippen LogP contribution in [0.4, 0.5) is 0 Å². The molecule has 0 N–H and O–H groups in total. The van der Waals surface area contributed by atoms with E-state index in [9.17, 15) is 13.2 Å². The number of aryl methyl sites for hydroxylation is 1. The SMILES string of the molecule is COCCCN(C(=O)/C=C/c1c(C)nn(Cc2ccccc2Cl)c1C)C1CCS(=O)(=O)C1. The molecule has 9 heteroatoms. The van der Waals surface area contributed by atoms with Crippen LogP contribution in [0.2, 0.25) is 5.02 Å². The van der Waals surface area contributed by atoms with E-state index in [2.05, 4.69) is 5.10 Å². The molecule has 1 aliphatic heterocycles. The topological polar surface area (TPSA) is 81.5 Å². The van der Waals surface area contributed by atoms with Crippen molar-refractivity contribution in [2.75, 3.05) is 31.8 Å². The van der Waals surface area contributed by atoms with Crippen molar-refractivity contribution in [1.29, 1.82) is 0 Å². The molecule has 3 rings (SSSR count). The van der Waals surface area contributed by atoms with Gasteiger partial charge in [0.15, 0.2) is 9.84 Å². The molecule has 0 spiro atoms. The Bertz CT molecular complexity index is 1090. The Morgan fingerprint density at radius 2 is 2.09 bits per heavy atom. The summed E-state index contributed by atoms with van der Waals surface area (Å²) in [5.74, 6) is -0.0450. The summed E-state index contributed by atoms with van der Waals surface area (Å²) in [6, 6.07) is 7.35. The molecule has 2 heterocycles. The molecule has 1 amide bonds. The van der Waals surface area contributed by atoms with Gasteiger partial charge < -0.3 is 9.64 Å². The number of amides is 1. The van der Waals surface area contributed by atoms with Crippen molar-refractivity contribution >= 4 is 33.4 Å². The van der Waals surface area contributed by atoms with Crippen molar-refractivity contribution in [3.8, 4) is 0 Å². The molecule has 174 valence electrons. The second-order valence-electron chi connectivity index (χ2n) is 8.10. The molecule has 0 aliphatic carbocycles. The van der Waals surface area contributed by atoms with Gasteiger partial charge in [0.1, 0.15) is 0 Å². The molecule has 1 aliphatic rings. The maximum absolute atomic E-state index is 13.0. The largest absolute Gasteiger partial charge is 0.385 e. The Labute approximate surface area is 194 Å². The zero-order chi connectivity index (χ0) is 23.3. The van der Waals surface area contributed by atoms with Crippen LogP contribution in [0.3, 0.4) is 0 Å². The quantitative estimate of drug-likeness (QED) is 0.407. The van der Waals surface area contributed by atoms with E-state index in [0.717, 1.165) is 22.5 Å². The number of nitrogens with zero attached hydrogens (tertiary/aromatic N) is 3. The van der Waals surface area contributed by atoms with Crippen molar-refractivity contribution in [1.82, 2.24) is 14.7 Å². The zero-order valence-electron chi connectivity index (χ0n) is 18.8. The number of carbonyl (C=O) groups excluding carboxylic acids is 1. The maximum atomic E-state index is 13.0. The molecule has 0 saturated carbocycles. The molecule has 1 unspecified atom stereocenters. The van der Waals surface area contributed by atoms with Crippen LogP contribution < -0.4 is 0 Å². The first-order valence-electron chi connectivity index (χ1n) is 10.7. The highest BCUT2D eigenvalue weighted by Gasteiger charge is 2.33. The van der Waals surface area contributed by atoms with Gasteiger partial charge in [-0.3, -0.25) is 9.48 Å². The number of carbonyl (C=O) groups is 1. The number of hydrogen-bond donors (Lipinski definition) is 0. The van der Waals surface area contributed by atoms with E-state index in [1.54, 1.807) is 18.1 Å². The fourth-order valence-corrected chi connectivity index (χ4v) is 5.94. The first-order chi connectivity index (χ1) is 15.2. The van der Waals surface area contributed by atoms with Crippen LogP contribution in [0.1, 0.15) is 35.4 Å². The van der Waals surface area contributed by atoms with E-state index >= 15 is 0 Å². The highest BCUT2D eigenvalue weighted by Crippen LogP contribution is 2.22. The van der Waals surface area contributed by atoms with Crippen LogP contribution in [0.25, 0.3) is 6.08 Å². The van der Waals surface area contributed by atoms with Crippen molar-refractivity contribution in [2.45, 2.75) is 39.3 Å². The van der Waals surface area contributed by atoms with Crippen LogP contribution in [-0.4, -0.2) is 66.8 Å². The lowest BCUT2D eigenvalue weighted by atomic mass is 10.1. The van der Waals surface area contributed by atoms with Gasteiger partial charge in [0.05, 0.1) is 23.7 Å². The zero-order valence-corrected chi connectivity index (χ0v) is 20.3. The van der Waals surface area contributed by atoms with Crippen LogP contribution in [0.15, 0.2) is 30.3 Å². The minimum atomic E-state index is -3.09. The lowest BCUT2D eigenvalue weighted by molar-refractivity contribution is -0.127. The number of aromatic nitrogens is 2. The monoisotopic (exact) mass is 479 g/mol. The first-order valence-corrected chi connectivity index (χ1v) is 12.9. The summed E-state index contributed by atoms with van der Waals surface area (Å²) in [4.78, 5) is 14.7. The highest BCUT2D eigenvalue weighted by atomic mass is 35.5. The summed E-state index contributed by atoms with van der Waals surface area (Å²) < 4.78 is 30.9. The van der Waals surface area contributed by atoms with Crippen LogP contribution in [0, 0.1) is 13.8 Å². The minimum absolute atomic E-state index is 0.0212. The molecule has 1 atom stereocenters. The predicted octanol–water partition coefficient (Wildman–Crippen LogP) is 3.27. The smallest absolute Gasteiger partial charge is 0.246 e. The van der Waals surface area contributed by atoms with Gasteiger partial charge in [-0.25, -0.2) is 8.42 Å². The number of rotatable bonds is 9. The molecule has 1 fully saturated rings. The first kappa shape index (κ1) is 24.5. The number of sulfone groups is 1. The van der Waals surface area contributed by atoms with Crippen LogP contribution in [-0.2, 0) is 25.9 Å². The fourth-order valence-electron chi connectivity index (χ4n) is 4.02. The van der Waals surface area contributed by atoms with Crippen LogP contribution in [0.5, 0.6) is 0 Å². The lowest BCUT2D eigenvalue weighted by Gasteiger charge is -2.27. The minimum Gasteiger partial charge on any atom is -0.385 e. The average Bonchev–Trinajstić information content (AvgIpc) is 3.23. The van der Waals surface area contributed by atoms with E-state index in [1.165, 1.54) is 6.08 Å². The molecule has 2 aromatic rings. The van der Waals surface area contributed by atoms with Gasteiger partial charge in [-0.15, -0.1) is 0 Å². The van der Waals surface area contributed by atoms with Crippen molar-refractivity contribution in [3.05, 3.63) is 57.9 Å². The summed E-state index contributed by atoms with van der Waals surface area (Å²) in [5.41, 5.74) is 3.59. The summed E-state index contributed by atoms with van der Waals surface area (Å²) in [7, 11) is -1.48. The maximum Gasteiger partial charge on any atom is 0.246 e. The van der Waals surface area contributed by atoms with Gasteiger partial charge in [0, 0.05) is 48.7 Å². The van der Waals surface area contributed by atoms with E-state index in [0.29, 0.717) is 37.6 Å². The number of halogens is 1. The Morgan fingerprint density at radius 1 is 1.34 bits per heavy atom. The van der Waals surface area contributed by atoms with Gasteiger partial charge in [-0.2, -0.15) is 5.10 Å². The molecule has 1 aromatic heterocycles. The number of methoxy groups -OCH3 is 1. The molecule has 32 heavy (non-hydrogen) atoms. The third-order valence-electron chi connectivity index (χ3n) is 5.79. The summed E-state index contributed by atoms with van der Waals surface area (Å²) >= 11 is 6.29. The van der Waals surface area contributed by atoms with Crippen molar-refractivity contribution < 1.29 is 17.9 Å². The number of benzene rings is 1. The Kier molecular flexibility index (Phi) is 8.14. The Morgan fingerprint density at radius 3 is 2.75 bits per heavy atom. The molecular weight excluding hydrogens is 450 g/mol. The van der Waals surface area contributed by atoms with Crippen molar-refractivity contribution in [2.24, 2.45) is 0 Å². The standard InChI is InChI=1S/C23H30ClN3O4S/c1-17-21(18(2)27(25-17)15-19-7-4-5-8-22(19)24)9-10-23(28)26(12-6-13-31-3)20-11-14-32(29,30)16-20/h4-5,7-10,20H,6,11-16H2,1-3H3/b10-9+. The molecule has 0 radical (unpaired) electrons. The number of ether oxygens (including phenoxy) is 1. The molecule has 0 bridgehead atoms. The Hall–Kier alpha value is -2.16. The second kappa shape index (κ2) is 10.6. The molecule has 1 saturated heterocycles. The Balaban J connectivity index is 1.77. The van der Waals surface area contributed by atoms with E-state index in [-0.39, 0.29) is 23.5 Å². The van der Waals surface area contributed by atoms with Gasteiger partial charge in [0.2, 0.25) is 5.91 Å². The average molecular weight is 480 g/mol. The lowest BCUT2D eigenvalue weighted by Crippen LogP contribution is -2.41. The third-order valence-corrected chi connectivity index (χ3v) is 7.91. The molecule has 1 aromatic carbocycles. The summed E-state index contributed by atoms with van der Waals surface area (Å²) in [6.45, 7) is 5.37. The van der Waals surface area contributed by atoms with Crippen LogP contribution >= 0.6 is 11.6 Å². The normalized spacial score (nSPS) is 17.8. The number of hydrogen-bond acceptors (Lipinski definition) is 5.